The third-order valence-electron chi connectivity index (χ3n) is 3.13. The van der Waals surface area contributed by atoms with Crippen molar-refractivity contribution < 1.29 is 0 Å². The number of nitrogens with one attached hydrogen (secondary N) is 1. The van der Waals surface area contributed by atoms with Crippen LogP contribution in [0.4, 0.5) is 5.69 Å². The molecule has 0 aliphatic rings. The van der Waals surface area contributed by atoms with Crippen LogP contribution in [0.5, 0.6) is 0 Å². The van der Waals surface area contributed by atoms with E-state index in [2.05, 4.69) is 48.4 Å². The van der Waals surface area contributed by atoms with Crippen LogP contribution in [0.25, 0.3) is 0 Å². The number of halogens is 1. The quantitative estimate of drug-likeness (QED) is 0.788. The third-order valence-corrected chi connectivity index (χ3v) is 3.33. The molecule has 1 aromatic heterocycles. The average Bonchev–Trinajstić information content (AvgIpc) is 2.41. The molecule has 1 aromatic carbocycles. The van der Waals surface area contributed by atoms with E-state index in [4.69, 9.17) is 11.6 Å². The Labute approximate surface area is 119 Å². The zero-order chi connectivity index (χ0) is 13.7. The third kappa shape index (κ3) is 3.97. The van der Waals surface area contributed by atoms with Gasteiger partial charge in [-0.1, -0.05) is 37.1 Å². The van der Waals surface area contributed by atoms with Crippen molar-refractivity contribution in [3.8, 4) is 0 Å². The first kappa shape index (κ1) is 13.9. The molecule has 2 nitrogen and oxygen atoms in total. The fourth-order valence-corrected chi connectivity index (χ4v) is 2.26. The van der Waals surface area contributed by atoms with Gasteiger partial charge in [-0.25, -0.2) is 4.98 Å². The number of pyridine rings is 1. The highest BCUT2D eigenvalue weighted by Crippen LogP contribution is 2.21. The summed E-state index contributed by atoms with van der Waals surface area (Å²) in [4.78, 5) is 4.00. The number of aromatic nitrogens is 1. The zero-order valence-corrected chi connectivity index (χ0v) is 12.1. The summed E-state index contributed by atoms with van der Waals surface area (Å²) in [5.41, 5.74) is 3.64. The summed E-state index contributed by atoms with van der Waals surface area (Å²) >= 11 is 5.91. The Morgan fingerprint density at radius 3 is 2.58 bits per heavy atom. The van der Waals surface area contributed by atoms with Crippen LogP contribution in [0.1, 0.15) is 37.4 Å². The Balaban J connectivity index is 2.04. The van der Waals surface area contributed by atoms with Crippen molar-refractivity contribution in [3.63, 3.8) is 0 Å². The number of rotatable bonds is 5. The van der Waals surface area contributed by atoms with Crippen molar-refractivity contribution in [2.45, 2.75) is 32.7 Å². The van der Waals surface area contributed by atoms with E-state index in [-0.39, 0.29) is 6.04 Å². The number of benzene rings is 1. The van der Waals surface area contributed by atoms with Gasteiger partial charge in [0.2, 0.25) is 0 Å². The zero-order valence-electron chi connectivity index (χ0n) is 11.4. The van der Waals surface area contributed by atoms with Gasteiger partial charge in [-0.2, -0.15) is 0 Å². The Kier molecular flexibility index (Phi) is 4.80. The molecule has 0 fully saturated rings. The minimum Gasteiger partial charge on any atom is -0.379 e. The number of aryl methyl sites for hydroxylation is 1. The van der Waals surface area contributed by atoms with Crippen LogP contribution in [0.15, 0.2) is 42.6 Å². The summed E-state index contributed by atoms with van der Waals surface area (Å²) in [5, 5.41) is 4.00. The van der Waals surface area contributed by atoms with E-state index in [1.807, 2.05) is 12.1 Å². The molecule has 0 aliphatic heterocycles. The van der Waals surface area contributed by atoms with Gasteiger partial charge in [-0.15, -0.1) is 0 Å². The van der Waals surface area contributed by atoms with Gasteiger partial charge in [0.05, 0.1) is 0 Å². The normalized spacial score (nSPS) is 12.2. The van der Waals surface area contributed by atoms with Crippen LogP contribution in [-0.2, 0) is 6.42 Å². The van der Waals surface area contributed by atoms with Crippen LogP contribution >= 0.6 is 11.6 Å². The maximum atomic E-state index is 5.91. The first-order valence-corrected chi connectivity index (χ1v) is 7.03. The Morgan fingerprint density at radius 2 is 1.95 bits per heavy atom. The van der Waals surface area contributed by atoms with Crippen LogP contribution in [0.3, 0.4) is 0 Å². The number of hydrogen-bond acceptors (Lipinski definition) is 2. The molecule has 1 unspecified atom stereocenters. The van der Waals surface area contributed by atoms with E-state index in [0.717, 1.165) is 17.7 Å². The molecule has 100 valence electrons. The van der Waals surface area contributed by atoms with Crippen molar-refractivity contribution in [2.24, 2.45) is 0 Å². The maximum absolute atomic E-state index is 5.91. The summed E-state index contributed by atoms with van der Waals surface area (Å²) in [7, 11) is 0. The first-order chi connectivity index (χ1) is 9.19. The highest BCUT2D eigenvalue weighted by Gasteiger charge is 2.06. The van der Waals surface area contributed by atoms with Crippen LogP contribution in [-0.4, -0.2) is 4.98 Å². The average molecular weight is 275 g/mol. The highest BCUT2D eigenvalue weighted by atomic mass is 35.5. The smallest absolute Gasteiger partial charge is 0.129 e. The summed E-state index contributed by atoms with van der Waals surface area (Å²) in [5.74, 6) is 0. The Bertz CT molecular complexity index is 523. The molecule has 0 bridgehead atoms. The van der Waals surface area contributed by atoms with E-state index in [1.54, 1.807) is 6.20 Å². The van der Waals surface area contributed by atoms with Gasteiger partial charge in [0.15, 0.2) is 0 Å². The van der Waals surface area contributed by atoms with Gasteiger partial charge in [-0.05, 0) is 48.7 Å². The molecule has 0 saturated heterocycles. The molecule has 0 saturated carbocycles. The molecule has 1 heterocycles. The van der Waals surface area contributed by atoms with Gasteiger partial charge >= 0.3 is 0 Å². The summed E-state index contributed by atoms with van der Waals surface area (Å²) in [6.45, 7) is 4.31. The van der Waals surface area contributed by atoms with Gasteiger partial charge in [0.1, 0.15) is 5.15 Å². The van der Waals surface area contributed by atoms with E-state index in [9.17, 15) is 0 Å². The second-order valence-corrected chi connectivity index (χ2v) is 5.11. The van der Waals surface area contributed by atoms with Crippen molar-refractivity contribution in [2.75, 3.05) is 5.32 Å². The summed E-state index contributed by atoms with van der Waals surface area (Å²) < 4.78 is 0. The van der Waals surface area contributed by atoms with Gasteiger partial charge in [0, 0.05) is 17.9 Å². The molecule has 3 heteroatoms. The predicted octanol–water partition coefficient (Wildman–Crippen LogP) is 4.86. The second-order valence-electron chi connectivity index (χ2n) is 4.72. The maximum Gasteiger partial charge on any atom is 0.129 e. The largest absolute Gasteiger partial charge is 0.379 e. The molecule has 0 amide bonds. The molecule has 2 rings (SSSR count). The molecule has 0 aliphatic carbocycles. The lowest BCUT2D eigenvalue weighted by Gasteiger charge is -2.16. The molecule has 2 aromatic rings. The fraction of sp³-hybridized carbons (Fsp3) is 0.312. The predicted molar refractivity (Wildman–Crippen MR) is 81.7 cm³/mol. The van der Waals surface area contributed by atoms with Crippen LogP contribution in [0, 0.1) is 0 Å². The van der Waals surface area contributed by atoms with Gasteiger partial charge < -0.3 is 5.32 Å². The first-order valence-electron chi connectivity index (χ1n) is 6.66. The van der Waals surface area contributed by atoms with Gasteiger partial charge in [-0.3, -0.25) is 0 Å². The van der Waals surface area contributed by atoms with E-state index in [0.29, 0.717) is 5.15 Å². The minimum absolute atomic E-state index is 0.206. The molecular weight excluding hydrogens is 256 g/mol. The summed E-state index contributed by atoms with van der Waals surface area (Å²) in [6.07, 6.45) is 4.05. The fourth-order valence-electron chi connectivity index (χ4n) is 2.08. The topological polar surface area (TPSA) is 24.9 Å². The number of nitrogens with zero attached hydrogens (tertiary/aromatic N) is 1. The Morgan fingerprint density at radius 1 is 1.21 bits per heavy atom. The van der Waals surface area contributed by atoms with Crippen molar-refractivity contribution in [3.05, 3.63) is 58.9 Å². The van der Waals surface area contributed by atoms with Crippen molar-refractivity contribution in [1.82, 2.24) is 4.98 Å². The minimum atomic E-state index is 0.206. The molecule has 19 heavy (non-hydrogen) atoms. The van der Waals surface area contributed by atoms with E-state index in [1.165, 1.54) is 12.0 Å². The van der Waals surface area contributed by atoms with E-state index >= 15 is 0 Å². The molecule has 1 N–H and O–H groups in total. The molecule has 0 spiro atoms. The molecular formula is C16H19ClN2. The monoisotopic (exact) mass is 274 g/mol. The number of hydrogen-bond donors (Lipinski definition) is 1. The van der Waals surface area contributed by atoms with Gasteiger partial charge in [0.25, 0.3) is 0 Å². The van der Waals surface area contributed by atoms with Crippen LogP contribution < -0.4 is 5.32 Å². The highest BCUT2D eigenvalue weighted by molar-refractivity contribution is 6.29. The van der Waals surface area contributed by atoms with E-state index < -0.39 is 0 Å². The standard InChI is InChI=1S/C16H19ClN2/c1-3-4-13-5-7-15(8-6-13)19-12(2)14-9-10-18-16(17)11-14/h5-12,19H,3-4H2,1-2H3. The van der Waals surface area contributed by atoms with Crippen molar-refractivity contribution in [1.29, 1.82) is 0 Å². The Hall–Kier alpha value is -1.54. The lowest BCUT2D eigenvalue weighted by atomic mass is 10.1. The molecule has 0 radical (unpaired) electrons. The number of anilines is 1. The summed E-state index contributed by atoms with van der Waals surface area (Å²) in [6, 6.07) is 12.7. The van der Waals surface area contributed by atoms with Crippen LogP contribution in [0.2, 0.25) is 5.15 Å². The molecule has 1 atom stereocenters. The lowest BCUT2D eigenvalue weighted by molar-refractivity contribution is 0.879. The lowest BCUT2D eigenvalue weighted by Crippen LogP contribution is -2.06. The van der Waals surface area contributed by atoms with Crippen molar-refractivity contribution >= 4 is 17.3 Å². The second kappa shape index (κ2) is 6.58. The SMILES string of the molecule is CCCc1ccc(NC(C)c2ccnc(Cl)c2)cc1.